The second-order valence-corrected chi connectivity index (χ2v) is 15.6. The molecule has 1 aliphatic carbocycles. The third-order valence-corrected chi connectivity index (χ3v) is 11.2. The first-order chi connectivity index (χ1) is 25.3. The van der Waals surface area contributed by atoms with Crippen LogP contribution in [0.3, 0.4) is 0 Å². The summed E-state index contributed by atoms with van der Waals surface area (Å²) in [5.41, 5.74) is 11.3. The molecule has 1 aliphatic heterocycles. The molecular formula is C47H46N4O. The van der Waals surface area contributed by atoms with Crippen LogP contribution in [0.15, 0.2) is 128 Å². The average molecular weight is 683 g/mol. The quantitative estimate of drug-likeness (QED) is 0.175. The maximum absolute atomic E-state index is 6.69. The molecule has 0 bridgehead atoms. The van der Waals surface area contributed by atoms with Crippen LogP contribution in [-0.4, -0.2) is 16.2 Å². The number of fused-ring (bicyclic) bond motifs is 4. The molecule has 5 nitrogen and oxygen atoms in total. The molecule has 2 aromatic heterocycles. The van der Waals surface area contributed by atoms with Crippen molar-refractivity contribution >= 4 is 44.6 Å². The van der Waals surface area contributed by atoms with Crippen LogP contribution in [0.5, 0.6) is 11.5 Å². The molecule has 1 saturated carbocycles. The number of nitrogens with zero attached hydrogens (tertiary/aromatic N) is 4. The predicted octanol–water partition coefficient (Wildman–Crippen LogP) is 12.9. The van der Waals surface area contributed by atoms with Crippen molar-refractivity contribution in [3.8, 4) is 17.3 Å². The van der Waals surface area contributed by atoms with Gasteiger partial charge in [-0.2, -0.15) is 0 Å². The Morgan fingerprint density at radius 1 is 0.635 bits per heavy atom. The number of anilines is 4. The third-order valence-electron chi connectivity index (χ3n) is 11.2. The predicted molar refractivity (Wildman–Crippen MR) is 216 cm³/mol. The lowest BCUT2D eigenvalue weighted by Crippen LogP contribution is -2.25. The van der Waals surface area contributed by atoms with Crippen molar-refractivity contribution in [2.45, 2.75) is 71.1 Å². The molecular weight excluding hydrogens is 637 g/mol. The van der Waals surface area contributed by atoms with E-state index in [0.717, 1.165) is 40.7 Å². The molecule has 52 heavy (non-hydrogen) atoms. The average Bonchev–Trinajstić information content (AvgIpc) is 3.71. The van der Waals surface area contributed by atoms with E-state index in [2.05, 4.69) is 163 Å². The first-order valence-electron chi connectivity index (χ1n) is 18.9. The SMILES string of the molecule is Cc1cccc(N2CN(c3cccc(Oc4ccc5c6ccccc6n(-c6cc(C(C)(C)C)ccn6)c5c4)c3)c3ccccc32)c1C1CCCCC1. The fraction of sp³-hybridized carbons (Fsp3) is 0.255. The Kier molecular flexibility index (Phi) is 8.03. The van der Waals surface area contributed by atoms with E-state index in [1.807, 2.05) is 6.20 Å². The number of aryl methyl sites for hydroxylation is 1. The third kappa shape index (κ3) is 5.69. The smallest absolute Gasteiger partial charge is 0.137 e. The zero-order valence-corrected chi connectivity index (χ0v) is 30.6. The molecule has 9 rings (SSSR count). The van der Waals surface area contributed by atoms with E-state index in [0.29, 0.717) is 5.92 Å². The van der Waals surface area contributed by atoms with E-state index >= 15 is 0 Å². The lowest BCUT2D eigenvalue weighted by Gasteiger charge is -2.30. The standard InChI is InChI=1S/C47H46N4O/c1-32-14-12-23-43(46(32)33-15-6-5-7-16-33)50-31-49(41-21-10-11-22-42(41)50)35-17-13-18-36(29-35)52-37-24-25-39-38-19-8-9-20-40(38)51(44(39)30-37)45-28-34(26-27-48-45)47(2,3)4/h8-14,17-30,33H,5-7,15-16,31H2,1-4H3. The summed E-state index contributed by atoms with van der Waals surface area (Å²) >= 11 is 0. The van der Waals surface area contributed by atoms with Gasteiger partial charge < -0.3 is 14.5 Å². The molecule has 1 fully saturated rings. The molecule has 5 heteroatoms. The summed E-state index contributed by atoms with van der Waals surface area (Å²) in [6.07, 6.45) is 8.49. The fourth-order valence-electron chi connectivity index (χ4n) is 8.58. The highest BCUT2D eigenvalue weighted by atomic mass is 16.5. The van der Waals surface area contributed by atoms with Gasteiger partial charge in [0.1, 0.15) is 24.0 Å². The number of pyridine rings is 1. The van der Waals surface area contributed by atoms with Gasteiger partial charge in [-0.15, -0.1) is 0 Å². The van der Waals surface area contributed by atoms with Crippen molar-refractivity contribution in [3.05, 3.63) is 144 Å². The van der Waals surface area contributed by atoms with Gasteiger partial charge in [-0.1, -0.05) is 88.6 Å². The second-order valence-electron chi connectivity index (χ2n) is 15.6. The van der Waals surface area contributed by atoms with Gasteiger partial charge in [0, 0.05) is 40.5 Å². The van der Waals surface area contributed by atoms with E-state index in [-0.39, 0.29) is 5.41 Å². The highest BCUT2D eigenvalue weighted by Gasteiger charge is 2.31. The Morgan fingerprint density at radius 3 is 2.17 bits per heavy atom. The number of benzene rings is 5. The van der Waals surface area contributed by atoms with Crippen molar-refractivity contribution in [3.63, 3.8) is 0 Å². The molecule has 0 N–H and O–H groups in total. The summed E-state index contributed by atoms with van der Waals surface area (Å²) in [5.74, 6) is 3.13. The molecule has 0 radical (unpaired) electrons. The number of ether oxygens (including phenoxy) is 1. The molecule has 5 aromatic carbocycles. The van der Waals surface area contributed by atoms with Crippen LogP contribution < -0.4 is 14.5 Å². The molecule has 2 aliphatic rings. The highest BCUT2D eigenvalue weighted by Crippen LogP contribution is 2.48. The molecule has 0 atom stereocenters. The van der Waals surface area contributed by atoms with E-state index < -0.39 is 0 Å². The minimum Gasteiger partial charge on any atom is -0.457 e. The number of hydrogen-bond acceptors (Lipinski definition) is 4. The van der Waals surface area contributed by atoms with E-state index in [9.17, 15) is 0 Å². The Bertz CT molecular complexity index is 2430. The van der Waals surface area contributed by atoms with Gasteiger partial charge in [0.05, 0.1) is 22.4 Å². The summed E-state index contributed by atoms with van der Waals surface area (Å²) in [6, 6.07) is 43.5. The van der Waals surface area contributed by atoms with E-state index in [4.69, 9.17) is 9.72 Å². The number of aromatic nitrogens is 2. The Balaban J connectivity index is 1.07. The Hall–Kier alpha value is -5.55. The van der Waals surface area contributed by atoms with Crippen LogP contribution in [-0.2, 0) is 5.41 Å². The molecule has 3 heterocycles. The Labute approximate surface area is 307 Å². The maximum atomic E-state index is 6.69. The number of para-hydroxylation sites is 3. The van der Waals surface area contributed by atoms with Gasteiger partial charge in [0.2, 0.25) is 0 Å². The monoisotopic (exact) mass is 682 g/mol. The van der Waals surface area contributed by atoms with Crippen molar-refractivity contribution < 1.29 is 4.74 Å². The van der Waals surface area contributed by atoms with Gasteiger partial charge in [0.15, 0.2) is 0 Å². The number of hydrogen-bond donors (Lipinski definition) is 0. The van der Waals surface area contributed by atoms with Crippen LogP contribution in [0.4, 0.5) is 22.7 Å². The van der Waals surface area contributed by atoms with Crippen molar-refractivity contribution in [2.24, 2.45) is 0 Å². The molecule has 0 unspecified atom stereocenters. The lowest BCUT2D eigenvalue weighted by molar-refractivity contribution is 0.442. The first kappa shape index (κ1) is 32.4. The van der Waals surface area contributed by atoms with Crippen LogP contribution >= 0.6 is 0 Å². The van der Waals surface area contributed by atoms with Crippen LogP contribution in [0.25, 0.3) is 27.6 Å². The molecule has 7 aromatic rings. The summed E-state index contributed by atoms with van der Waals surface area (Å²) in [7, 11) is 0. The first-order valence-corrected chi connectivity index (χ1v) is 18.9. The minimum absolute atomic E-state index is 0.0142. The van der Waals surface area contributed by atoms with Gasteiger partial charge in [0.25, 0.3) is 0 Å². The topological polar surface area (TPSA) is 33.5 Å². The number of rotatable bonds is 6. The van der Waals surface area contributed by atoms with Crippen LogP contribution in [0.1, 0.15) is 75.5 Å². The summed E-state index contributed by atoms with van der Waals surface area (Å²) in [5, 5.41) is 2.38. The lowest BCUT2D eigenvalue weighted by atomic mass is 9.81. The largest absolute Gasteiger partial charge is 0.457 e. The molecule has 0 spiro atoms. The minimum atomic E-state index is 0.0142. The maximum Gasteiger partial charge on any atom is 0.137 e. The summed E-state index contributed by atoms with van der Waals surface area (Å²) in [6.45, 7) is 9.78. The molecule has 0 amide bonds. The molecule has 0 saturated heterocycles. The summed E-state index contributed by atoms with van der Waals surface area (Å²) < 4.78 is 8.96. The van der Waals surface area contributed by atoms with Crippen molar-refractivity contribution in [2.75, 3.05) is 16.5 Å². The fourth-order valence-corrected chi connectivity index (χ4v) is 8.58. The van der Waals surface area contributed by atoms with Crippen LogP contribution in [0, 0.1) is 6.92 Å². The van der Waals surface area contributed by atoms with Gasteiger partial charge >= 0.3 is 0 Å². The van der Waals surface area contributed by atoms with Crippen molar-refractivity contribution in [1.29, 1.82) is 0 Å². The van der Waals surface area contributed by atoms with E-state index in [1.54, 1.807) is 0 Å². The summed E-state index contributed by atoms with van der Waals surface area (Å²) in [4.78, 5) is 9.80. The zero-order valence-electron chi connectivity index (χ0n) is 30.6. The highest BCUT2D eigenvalue weighted by molar-refractivity contribution is 6.09. The van der Waals surface area contributed by atoms with Gasteiger partial charge in [-0.25, -0.2) is 4.98 Å². The normalized spacial score (nSPS) is 15.1. The second kappa shape index (κ2) is 12.9. The molecule has 260 valence electrons. The van der Waals surface area contributed by atoms with Crippen molar-refractivity contribution in [1.82, 2.24) is 9.55 Å². The van der Waals surface area contributed by atoms with Gasteiger partial charge in [-0.3, -0.25) is 4.57 Å². The van der Waals surface area contributed by atoms with Gasteiger partial charge in [-0.05, 0) is 108 Å². The van der Waals surface area contributed by atoms with E-state index in [1.165, 1.54) is 76.6 Å². The Morgan fingerprint density at radius 2 is 1.35 bits per heavy atom. The van der Waals surface area contributed by atoms with Crippen LogP contribution in [0.2, 0.25) is 0 Å². The zero-order chi connectivity index (χ0) is 35.4.